The molecular formula is C9H20ClNO2S. The number of alkyl halides is 1. The van der Waals surface area contributed by atoms with Crippen LogP contribution in [0.1, 0.15) is 40.0 Å². The molecule has 0 saturated heterocycles. The van der Waals surface area contributed by atoms with E-state index >= 15 is 0 Å². The molecule has 0 spiro atoms. The molecule has 0 unspecified atom stereocenters. The third kappa shape index (κ3) is 6.62. The molecule has 0 aromatic carbocycles. The summed E-state index contributed by atoms with van der Waals surface area (Å²) in [4.78, 5) is 0. The molecule has 0 atom stereocenters. The molecule has 0 saturated carbocycles. The Morgan fingerprint density at radius 1 is 1.36 bits per heavy atom. The number of rotatable bonds is 7. The zero-order chi connectivity index (χ0) is 11.2. The predicted octanol–water partition coefficient (Wildman–Crippen LogP) is 2.11. The highest BCUT2D eigenvalue weighted by molar-refractivity contribution is 7.89. The van der Waals surface area contributed by atoms with E-state index in [0.29, 0.717) is 18.7 Å². The van der Waals surface area contributed by atoms with Crippen molar-refractivity contribution in [3.63, 3.8) is 0 Å². The molecule has 0 radical (unpaired) electrons. The van der Waals surface area contributed by atoms with Gasteiger partial charge in [0.15, 0.2) is 0 Å². The number of sulfonamides is 1. The minimum atomic E-state index is -3.13. The van der Waals surface area contributed by atoms with Crippen molar-refractivity contribution in [1.82, 2.24) is 4.72 Å². The van der Waals surface area contributed by atoms with E-state index in [1.54, 1.807) is 0 Å². The molecule has 14 heavy (non-hydrogen) atoms. The number of hydrogen-bond acceptors (Lipinski definition) is 2. The molecule has 3 nitrogen and oxygen atoms in total. The Hall–Kier alpha value is 0.200. The van der Waals surface area contributed by atoms with Crippen LogP contribution >= 0.6 is 11.6 Å². The molecule has 0 bridgehead atoms. The zero-order valence-electron chi connectivity index (χ0n) is 9.14. The van der Waals surface area contributed by atoms with Crippen LogP contribution in [0.15, 0.2) is 0 Å². The molecule has 0 aliphatic carbocycles. The largest absolute Gasteiger partial charge is 0.212 e. The van der Waals surface area contributed by atoms with Crippen molar-refractivity contribution in [3.05, 3.63) is 0 Å². The number of nitrogens with one attached hydrogen (secondary N) is 1. The molecule has 0 rings (SSSR count). The quantitative estimate of drug-likeness (QED) is 0.694. The Kier molecular flexibility index (Phi) is 6.02. The summed E-state index contributed by atoms with van der Waals surface area (Å²) in [6.45, 7) is 5.66. The molecule has 0 amide bonds. The van der Waals surface area contributed by atoms with Gasteiger partial charge in [-0.25, -0.2) is 13.1 Å². The zero-order valence-corrected chi connectivity index (χ0v) is 10.7. The van der Waals surface area contributed by atoms with Gasteiger partial charge >= 0.3 is 0 Å². The van der Waals surface area contributed by atoms with Crippen LogP contribution in [0.4, 0.5) is 0 Å². The van der Waals surface area contributed by atoms with Gasteiger partial charge in [0, 0.05) is 11.4 Å². The first-order valence-electron chi connectivity index (χ1n) is 4.90. The second-order valence-corrected chi connectivity index (χ2v) is 6.32. The number of halogens is 1. The topological polar surface area (TPSA) is 46.2 Å². The fourth-order valence-electron chi connectivity index (χ4n) is 1.09. The Morgan fingerprint density at radius 3 is 2.36 bits per heavy atom. The lowest BCUT2D eigenvalue weighted by Crippen LogP contribution is -2.44. The van der Waals surface area contributed by atoms with Gasteiger partial charge in [0.05, 0.1) is 5.75 Å². The van der Waals surface area contributed by atoms with E-state index in [1.165, 1.54) is 0 Å². The summed E-state index contributed by atoms with van der Waals surface area (Å²) in [6.07, 6.45) is 2.23. The predicted molar refractivity (Wildman–Crippen MR) is 61.2 cm³/mol. The second-order valence-electron chi connectivity index (χ2n) is 4.10. The summed E-state index contributed by atoms with van der Waals surface area (Å²) in [7, 11) is -3.13. The Bertz CT molecular complexity index is 250. The van der Waals surface area contributed by atoms with Crippen LogP contribution in [0, 0.1) is 0 Å². The van der Waals surface area contributed by atoms with Crippen LogP contribution in [0.2, 0.25) is 0 Å². The maximum absolute atomic E-state index is 11.5. The maximum Gasteiger partial charge on any atom is 0.212 e. The molecule has 86 valence electrons. The number of hydrogen-bond donors (Lipinski definition) is 1. The summed E-state index contributed by atoms with van der Waals surface area (Å²) in [5.41, 5.74) is -0.436. The average Bonchev–Trinajstić information content (AvgIpc) is 1.98. The smallest absolute Gasteiger partial charge is 0.212 e. The van der Waals surface area contributed by atoms with Crippen LogP contribution in [-0.4, -0.2) is 25.6 Å². The first-order chi connectivity index (χ1) is 6.33. The van der Waals surface area contributed by atoms with Gasteiger partial charge in [0.25, 0.3) is 0 Å². The van der Waals surface area contributed by atoms with Crippen LogP contribution in [0.25, 0.3) is 0 Å². The minimum Gasteiger partial charge on any atom is -0.212 e. The molecular weight excluding hydrogens is 222 g/mol. The van der Waals surface area contributed by atoms with Gasteiger partial charge in [-0.1, -0.05) is 13.3 Å². The van der Waals surface area contributed by atoms with Gasteiger partial charge in [0.2, 0.25) is 10.0 Å². The average molecular weight is 242 g/mol. The van der Waals surface area contributed by atoms with Gasteiger partial charge in [-0.2, -0.15) is 0 Å². The molecule has 5 heteroatoms. The first-order valence-corrected chi connectivity index (χ1v) is 7.09. The van der Waals surface area contributed by atoms with Gasteiger partial charge in [-0.15, -0.1) is 11.6 Å². The summed E-state index contributed by atoms with van der Waals surface area (Å²) in [5.74, 6) is 0.665. The second kappa shape index (κ2) is 5.93. The van der Waals surface area contributed by atoms with Crippen molar-refractivity contribution in [1.29, 1.82) is 0 Å². The normalized spacial score (nSPS) is 13.1. The van der Waals surface area contributed by atoms with Gasteiger partial charge in [0.1, 0.15) is 0 Å². The van der Waals surface area contributed by atoms with Crippen molar-refractivity contribution in [2.24, 2.45) is 0 Å². The lowest BCUT2D eigenvalue weighted by atomic mass is 10.0. The molecule has 0 heterocycles. The minimum absolute atomic E-state index is 0.204. The Morgan fingerprint density at radius 2 is 1.93 bits per heavy atom. The van der Waals surface area contributed by atoms with Crippen LogP contribution in [0.3, 0.4) is 0 Å². The SMILES string of the molecule is CCCCS(=O)(=O)NC(C)(C)CCCl. The molecule has 0 aliphatic heterocycles. The van der Waals surface area contributed by atoms with E-state index < -0.39 is 15.6 Å². The third-order valence-electron chi connectivity index (χ3n) is 1.92. The van der Waals surface area contributed by atoms with E-state index in [9.17, 15) is 8.42 Å². The molecule has 0 aromatic rings. The van der Waals surface area contributed by atoms with E-state index in [1.807, 2.05) is 20.8 Å². The summed E-state index contributed by atoms with van der Waals surface area (Å²) in [5, 5.41) is 0. The lowest BCUT2D eigenvalue weighted by molar-refractivity contribution is 0.441. The standard InChI is InChI=1S/C9H20ClNO2S/c1-4-5-8-14(12,13)11-9(2,3)6-7-10/h11H,4-8H2,1-3H3. The lowest BCUT2D eigenvalue weighted by Gasteiger charge is -2.24. The van der Waals surface area contributed by atoms with Crippen molar-refractivity contribution in [3.8, 4) is 0 Å². The van der Waals surface area contributed by atoms with Gasteiger partial charge in [-0.05, 0) is 26.7 Å². The van der Waals surface area contributed by atoms with Crippen molar-refractivity contribution in [2.45, 2.75) is 45.6 Å². The molecule has 0 fully saturated rings. The highest BCUT2D eigenvalue weighted by atomic mass is 35.5. The van der Waals surface area contributed by atoms with Crippen LogP contribution < -0.4 is 4.72 Å². The van der Waals surface area contributed by atoms with E-state index in [0.717, 1.165) is 6.42 Å². The highest BCUT2D eigenvalue weighted by Crippen LogP contribution is 2.11. The molecule has 1 N–H and O–H groups in total. The Balaban J connectivity index is 4.20. The summed E-state index contributed by atoms with van der Waals surface area (Å²) >= 11 is 5.58. The number of unbranched alkanes of at least 4 members (excludes halogenated alkanes) is 1. The van der Waals surface area contributed by atoms with E-state index in [4.69, 9.17) is 11.6 Å². The fourth-order valence-corrected chi connectivity index (χ4v) is 3.28. The molecule has 0 aliphatic rings. The van der Waals surface area contributed by atoms with Crippen molar-refractivity contribution >= 4 is 21.6 Å². The van der Waals surface area contributed by atoms with Crippen molar-refractivity contribution < 1.29 is 8.42 Å². The van der Waals surface area contributed by atoms with Crippen molar-refractivity contribution in [2.75, 3.05) is 11.6 Å². The van der Waals surface area contributed by atoms with Gasteiger partial charge in [-0.3, -0.25) is 0 Å². The Labute approximate surface area is 92.3 Å². The van der Waals surface area contributed by atoms with Gasteiger partial charge < -0.3 is 0 Å². The highest BCUT2D eigenvalue weighted by Gasteiger charge is 2.23. The van der Waals surface area contributed by atoms with Crippen LogP contribution in [-0.2, 0) is 10.0 Å². The first kappa shape index (κ1) is 14.2. The van der Waals surface area contributed by atoms with E-state index in [-0.39, 0.29) is 5.75 Å². The van der Waals surface area contributed by atoms with E-state index in [2.05, 4.69) is 4.72 Å². The molecule has 0 aromatic heterocycles. The third-order valence-corrected chi connectivity index (χ3v) is 3.80. The maximum atomic E-state index is 11.5. The monoisotopic (exact) mass is 241 g/mol. The van der Waals surface area contributed by atoms with Crippen LogP contribution in [0.5, 0.6) is 0 Å². The fraction of sp³-hybridized carbons (Fsp3) is 1.00. The summed E-state index contributed by atoms with van der Waals surface area (Å²) < 4.78 is 25.7. The summed E-state index contributed by atoms with van der Waals surface area (Å²) in [6, 6.07) is 0.